The first-order chi connectivity index (χ1) is 8.98. The van der Waals surface area contributed by atoms with Crippen LogP contribution < -0.4 is 0 Å². The minimum absolute atomic E-state index is 0.358. The number of benzene rings is 1. The van der Waals surface area contributed by atoms with E-state index in [2.05, 4.69) is 4.90 Å². The quantitative estimate of drug-likeness (QED) is 0.890. The molecule has 1 aromatic rings. The van der Waals surface area contributed by atoms with Crippen molar-refractivity contribution in [3.8, 4) is 6.07 Å². The van der Waals surface area contributed by atoms with Crippen LogP contribution in [0.15, 0.2) is 18.2 Å². The fourth-order valence-electron chi connectivity index (χ4n) is 2.54. The second-order valence-corrected chi connectivity index (χ2v) is 5.59. The molecule has 0 spiro atoms. The van der Waals surface area contributed by atoms with Crippen LogP contribution in [-0.2, 0) is 6.54 Å². The molecule has 1 saturated heterocycles. The van der Waals surface area contributed by atoms with Crippen LogP contribution in [0.5, 0.6) is 0 Å². The third-order valence-corrected chi connectivity index (χ3v) is 3.65. The molecular formula is C15H19FN2O. The molecule has 0 radical (unpaired) electrons. The van der Waals surface area contributed by atoms with Crippen LogP contribution >= 0.6 is 0 Å². The van der Waals surface area contributed by atoms with Gasteiger partial charge in [-0.25, -0.2) is 4.39 Å². The van der Waals surface area contributed by atoms with Crippen molar-refractivity contribution in [1.29, 1.82) is 5.26 Å². The zero-order valence-electron chi connectivity index (χ0n) is 11.2. The minimum atomic E-state index is -0.589. The molecule has 3 nitrogen and oxygen atoms in total. The number of hydrogen-bond donors (Lipinski definition) is 1. The molecule has 1 fully saturated rings. The highest BCUT2D eigenvalue weighted by Gasteiger charge is 2.24. The molecule has 0 saturated carbocycles. The summed E-state index contributed by atoms with van der Waals surface area (Å²) >= 11 is 0. The number of rotatable bonds is 2. The molecule has 4 heteroatoms. The number of hydrogen-bond acceptors (Lipinski definition) is 3. The first-order valence-electron chi connectivity index (χ1n) is 6.63. The van der Waals surface area contributed by atoms with Gasteiger partial charge in [0.15, 0.2) is 0 Å². The van der Waals surface area contributed by atoms with Crippen LogP contribution in [0.1, 0.15) is 37.3 Å². The second-order valence-electron chi connectivity index (χ2n) is 5.59. The lowest BCUT2D eigenvalue weighted by molar-refractivity contribution is 0.0444. The van der Waals surface area contributed by atoms with Crippen molar-refractivity contribution in [2.24, 2.45) is 0 Å². The lowest BCUT2D eigenvalue weighted by Crippen LogP contribution is -2.28. The molecule has 1 aliphatic rings. The Balaban J connectivity index is 2.05. The first kappa shape index (κ1) is 14.0. The number of nitriles is 1. The maximum atomic E-state index is 13.4. The summed E-state index contributed by atoms with van der Waals surface area (Å²) in [5.74, 6) is -0.365. The maximum Gasteiger partial charge on any atom is 0.124 e. The van der Waals surface area contributed by atoms with E-state index in [0.717, 1.165) is 37.9 Å². The van der Waals surface area contributed by atoms with E-state index in [1.54, 1.807) is 6.07 Å². The van der Waals surface area contributed by atoms with E-state index in [0.29, 0.717) is 12.1 Å². The highest BCUT2D eigenvalue weighted by atomic mass is 19.1. The smallest absolute Gasteiger partial charge is 0.124 e. The van der Waals surface area contributed by atoms with Gasteiger partial charge in [-0.3, -0.25) is 4.90 Å². The number of nitrogens with zero attached hydrogens (tertiary/aromatic N) is 2. The Morgan fingerprint density at radius 2 is 2.16 bits per heavy atom. The van der Waals surface area contributed by atoms with Gasteiger partial charge in [-0.15, -0.1) is 0 Å². The molecule has 0 amide bonds. The second kappa shape index (κ2) is 5.68. The van der Waals surface area contributed by atoms with Gasteiger partial charge in [-0.1, -0.05) is 0 Å². The van der Waals surface area contributed by atoms with Gasteiger partial charge in [0.2, 0.25) is 0 Å². The largest absolute Gasteiger partial charge is 0.390 e. The summed E-state index contributed by atoms with van der Waals surface area (Å²) in [4.78, 5) is 2.21. The first-order valence-corrected chi connectivity index (χ1v) is 6.63. The number of aliphatic hydroxyl groups is 1. The molecule has 2 rings (SSSR count). The van der Waals surface area contributed by atoms with Gasteiger partial charge in [0.05, 0.1) is 17.2 Å². The number of halogens is 1. The van der Waals surface area contributed by atoms with Crippen LogP contribution in [0.25, 0.3) is 0 Å². The summed E-state index contributed by atoms with van der Waals surface area (Å²) in [6.07, 6.45) is 2.47. The van der Waals surface area contributed by atoms with Crippen LogP contribution in [0.4, 0.5) is 4.39 Å². The van der Waals surface area contributed by atoms with Gasteiger partial charge in [0.1, 0.15) is 5.82 Å². The van der Waals surface area contributed by atoms with E-state index >= 15 is 0 Å². The standard InChI is InChI=1S/C15H19FN2O/c1-15(19)3-2-5-18(6-4-15)11-13-7-12(10-17)8-14(16)9-13/h7-9,19H,2-6,11H2,1H3. The van der Waals surface area contributed by atoms with Crippen molar-refractivity contribution in [3.05, 3.63) is 35.1 Å². The van der Waals surface area contributed by atoms with Gasteiger partial charge >= 0.3 is 0 Å². The van der Waals surface area contributed by atoms with E-state index in [4.69, 9.17) is 5.26 Å². The van der Waals surface area contributed by atoms with Gasteiger partial charge in [0, 0.05) is 13.1 Å². The fourth-order valence-corrected chi connectivity index (χ4v) is 2.54. The third-order valence-electron chi connectivity index (χ3n) is 3.65. The van der Waals surface area contributed by atoms with Crippen molar-refractivity contribution in [1.82, 2.24) is 4.90 Å². The average Bonchev–Trinajstić information content (AvgIpc) is 2.50. The normalized spacial score (nSPS) is 24.7. The lowest BCUT2D eigenvalue weighted by Gasteiger charge is -2.22. The SMILES string of the molecule is CC1(O)CCCN(Cc2cc(F)cc(C#N)c2)CC1. The molecular weight excluding hydrogens is 243 g/mol. The maximum absolute atomic E-state index is 13.4. The van der Waals surface area contributed by atoms with Gasteiger partial charge < -0.3 is 5.11 Å². The molecule has 19 heavy (non-hydrogen) atoms. The Labute approximate surface area is 113 Å². The minimum Gasteiger partial charge on any atom is -0.390 e. The predicted molar refractivity (Wildman–Crippen MR) is 70.9 cm³/mol. The van der Waals surface area contributed by atoms with E-state index < -0.39 is 5.60 Å². The molecule has 1 N–H and O–H groups in total. The fraction of sp³-hybridized carbons (Fsp3) is 0.533. The molecule has 1 heterocycles. The number of likely N-dealkylation sites (tertiary alicyclic amines) is 1. The Hall–Kier alpha value is -1.44. The van der Waals surface area contributed by atoms with E-state index in [1.807, 2.05) is 13.0 Å². The van der Waals surface area contributed by atoms with Crippen molar-refractivity contribution < 1.29 is 9.50 Å². The Morgan fingerprint density at radius 1 is 1.37 bits per heavy atom. The highest BCUT2D eigenvalue weighted by Crippen LogP contribution is 2.22. The van der Waals surface area contributed by atoms with E-state index in [-0.39, 0.29) is 5.82 Å². The molecule has 0 aromatic heterocycles. The Kier molecular flexibility index (Phi) is 4.18. The van der Waals surface area contributed by atoms with Crippen LogP contribution in [-0.4, -0.2) is 28.7 Å². The highest BCUT2D eigenvalue weighted by molar-refractivity contribution is 5.33. The van der Waals surface area contributed by atoms with E-state index in [1.165, 1.54) is 12.1 Å². The van der Waals surface area contributed by atoms with Crippen molar-refractivity contribution in [2.75, 3.05) is 13.1 Å². The summed E-state index contributed by atoms with van der Waals surface area (Å²) in [6.45, 7) is 4.19. The molecule has 1 unspecified atom stereocenters. The van der Waals surface area contributed by atoms with Crippen molar-refractivity contribution in [3.63, 3.8) is 0 Å². The summed E-state index contributed by atoms with van der Waals surface area (Å²) in [6, 6.07) is 6.42. The molecule has 0 bridgehead atoms. The van der Waals surface area contributed by atoms with Crippen LogP contribution in [0.2, 0.25) is 0 Å². The summed E-state index contributed by atoms with van der Waals surface area (Å²) < 4.78 is 13.4. The average molecular weight is 262 g/mol. The van der Waals surface area contributed by atoms with Crippen molar-refractivity contribution >= 4 is 0 Å². The topological polar surface area (TPSA) is 47.3 Å². The Morgan fingerprint density at radius 3 is 2.89 bits per heavy atom. The van der Waals surface area contributed by atoms with Crippen LogP contribution in [0, 0.1) is 17.1 Å². The molecule has 1 atom stereocenters. The summed E-state index contributed by atoms with van der Waals surface area (Å²) in [5, 5.41) is 18.9. The van der Waals surface area contributed by atoms with Gasteiger partial charge in [0.25, 0.3) is 0 Å². The third kappa shape index (κ3) is 4.02. The Bertz CT molecular complexity index is 493. The van der Waals surface area contributed by atoms with Gasteiger partial charge in [-0.05, 0) is 56.5 Å². The van der Waals surface area contributed by atoms with Crippen molar-refractivity contribution in [2.45, 2.75) is 38.3 Å². The summed E-state index contributed by atoms with van der Waals surface area (Å²) in [5.41, 5.74) is 0.587. The van der Waals surface area contributed by atoms with Gasteiger partial charge in [-0.2, -0.15) is 5.26 Å². The van der Waals surface area contributed by atoms with Crippen LogP contribution in [0.3, 0.4) is 0 Å². The zero-order chi connectivity index (χ0) is 13.9. The summed E-state index contributed by atoms with van der Waals surface area (Å²) in [7, 11) is 0. The lowest BCUT2D eigenvalue weighted by atomic mass is 9.98. The van der Waals surface area contributed by atoms with E-state index in [9.17, 15) is 9.50 Å². The molecule has 1 aliphatic heterocycles. The predicted octanol–water partition coefficient (Wildman–Crippen LogP) is 2.43. The monoisotopic (exact) mass is 262 g/mol. The molecule has 0 aliphatic carbocycles. The zero-order valence-corrected chi connectivity index (χ0v) is 11.2. The molecule has 1 aromatic carbocycles. The molecule has 102 valence electrons.